The molecule has 0 saturated carbocycles. The lowest BCUT2D eigenvalue weighted by molar-refractivity contribution is -0.150. The van der Waals surface area contributed by atoms with Gasteiger partial charge in [0.25, 0.3) is 5.91 Å². The number of fused-ring (bicyclic) bond motifs is 1. The number of urea groups is 2. The van der Waals surface area contributed by atoms with Crippen molar-refractivity contribution in [3.05, 3.63) is 47.2 Å². The molecule has 6 N–H and O–H groups in total. The Hall–Kier alpha value is -4.12. The zero-order valence-electron chi connectivity index (χ0n) is 19.2. The number of aliphatic carboxylic acids is 1. The van der Waals surface area contributed by atoms with Gasteiger partial charge in [0.1, 0.15) is 23.2 Å². The Morgan fingerprint density at radius 2 is 2.00 bits per heavy atom. The second kappa shape index (κ2) is 10.9. The summed E-state index contributed by atoms with van der Waals surface area (Å²) in [7, 11) is 1.65. The van der Waals surface area contributed by atoms with Crippen LogP contribution in [0.2, 0.25) is 0 Å². The van der Waals surface area contributed by atoms with Crippen molar-refractivity contribution in [2.75, 3.05) is 11.5 Å². The van der Waals surface area contributed by atoms with Gasteiger partial charge in [0.05, 0.1) is 0 Å². The molecule has 2 aromatic rings. The number of aromatic nitrogens is 4. The molecule has 0 radical (unpaired) electrons. The fraction of sp³-hybridized carbons (Fsp3) is 0.300. The van der Waals surface area contributed by atoms with Crippen molar-refractivity contribution in [1.82, 2.24) is 41.1 Å². The minimum Gasteiger partial charge on any atom is -0.477 e. The smallest absolute Gasteiger partial charge is 0.352 e. The number of hydrogen-bond acceptors (Lipinski definition) is 10. The van der Waals surface area contributed by atoms with Crippen LogP contribution in [0, 0.1) is 0 Å². The maximum absolute atomic E-state index is 13.1. The fourth-order valence-corrected chi connectivity index (χ4v) is 6.09. The van der Waals surface area contributed by atoms with Crippen LogP contribution in [0.25, 0.3) is 0 Å². The number of thioether (sulfide) groups is 2. The standard InChI is InChI=1S/C20H21N9O6S2/c1-28-20(25-26-27-28)37-8-10-7-36-16-12(15(31)29(16)13(10)17(32)33)22-14(30)11(9-5-3-2-4-6-9)23-19(35)24-18(21)34/h2-6,11-12,16H,7-8H2,1H3,(H,22,30)(H,32,33)(H4,21,23,24,34,35)/t11?,12?,16-/m0/s1. The van der Waals surface area contributed by atoms with E-state index in [-0.39, 0.29) is 11.4 Å². The highest BCUT2D eigenvalue weighted by Crippen LogP contribution is 2.41. The first-order valence-electron chi connectivity index (χ1n) is 10.6. The Morgan fingerprint density at radius 1 is 1.27 bits per heavy atom. The summed E-state index contributed by atoms with van der Waals surface area (Å²) < 4.78 is 1.45. The zero-order valence-corrected chi connectivity index (χ0v) is 20.8. The summed E-state index contributed by atoms with van der Waals surface area (Å²) >= 11 is 2.54. The minimum absolute atomic E-state index is 0.138. The molecular formula is C20H21N9O6S2. The molecule has 0 bridgehead atoms. The SMILES string of the molecule is Cn1nnnc1SCC1=C(C(=O)O)N2C(=O)C(NC(=O)C(NC(=O)NC(N)=O)c3ccccc3)[C@@H]2SC1. The van der Waals surface area contributed by atoms with Crippen LogP contribution in [0.3, 0.4) is 0 Å². The number of benzene rings is 1. The van der Waals surface area contributed by atoms with E-state index in [1.54, 1.807) is 37.4 Å². The summed E-state index contributed by atoms with van der Waals surface area (Å²) in [4.78, 5) is 62.4. The largest absolute Gasteiger partial charge is 0.477 e. The second-order valence-corrected chi connectivity index (χ2v) is 9.88. The fourth-order valence-electron chi connectivity index (χ4n) is 3.75. The van der Waals surface area contributed by atoms with Gasteiger partial charge in [-0.3, -0.25) is 19.8 Å². The van der Waals surface area contributed by atoms with E-state index >= 15 is 0 Å². The first-order chi connectivity index (χ1) is 17.7. The quantitative estimate of drug-likeness (QED) is 0.203. The summed E-state index contributed by atoms with van der Waals surface area (Å²) in [6.45, 7) is 0. The van der Waals surface area contributed by atoms with Crippen LogP contribution >= 0.6 is 23.5 Å². The summed E-state index contributed by atoms with van der Waals surface area (Å²) in [5, 5.41) is 27.6. The molecule has 1 aromatic heterocycles. The molecular weight excluding hydrogens is 526 g/mol. The number of nitrogens with one attached hydrogen (secondary N) is 3. The van der Waals surface area contributed by atoms with E-state index in [0.29, 0.717) is 22.0 Å². The maximum Gasteiger partial charge on any atom is 0.352 e. The Kier molecular flexibility index (Phi) is 7.63. The number of tetrazole rings is 1. The number of imide groups is 1. The number of carboxylic acids is 1. The number of primary amides is 1. The number of nitrogens with two attached hydrogens (primary N) is 1. The first-order valence-corrected chi connectivity index (χ1v) is 12.7. The molecule has 4 rings (SSSR count). The van der Waals surface area contributed by atoms with Gasteiger partial charge in [0.2, 0.25) is 11.1 Å². The van der Waals surface area contributed by atoms with E-state index in [4.69, 9.17) is 5.73 Å². The van der Waals surface area contributed by atoms with Gasteiger partial charge in [0, 0.05) is 18.6 Å². The van der Waals surface area contributed by atoms with E-state index in [9.17, 15) is 29.1 Å². The van der Waals surface area contributed by atoms with Crippen molar-refractivity contribution in [2.45, 2.75) is 22.6 Å². The topological polar surface area (TPSA) is 215 Å². The van der Waals surface area contributed by atoms with Crippen LogP contribution in [0.5, 0.6) is 0 Å². The van der Waals surface area contributed by atoms with Crippen LogP contribution in [-0.2, 0) is 21.4 Å². The molecule has 194 valence electrons. The van der Waals surface area contributed by atoms with Crippen molar-refractivity contribution in [3.63, 3.8) is 0 Å². The number of aryl methyl sites for hydroxylation is 1. The van der Waals surface area contributed by atoms with Gasteiger partial charge in [-0.1, -0.05) is 42.1 Å². The number of hydrogen-bond donors (Lipinski definition) is 5. The molecule has 0 spiro atoms. The number of carboxylic acid groups (broad SMARTS) is 1. The van der Waals surface area contributed by atoms with Gasteiger partial charge in [-0.15, -0.1) is 16.9 Å². The van der Waals surface area contributed by atoms with E-state index in [1.165, 1.54) is 28.2 Å². The predicted octanol–water partition coefficient (Wildman–Crippen LogP) is -0.840. The van der Waals surface area contributed by atoms with E-state index < -0.39 is 47.3 Å². The highest BCUT2D eigenvalue weighted by molar-refractivity contribution is 8.01. The highest BCUT2D eigenvalue weighted by Gasteiger charge is 2.54. The number of amides is 6. The summed E-state index contributed by atoms with van der Waals surface area (Å²) in [6.07, 6.45) is 0. The van der Waals surface area contributed by atoms with Crippen molar-refractivity contribution in [3.8, 4) is 0 Å². The zero-order chi connectivity index (χ0) is 26.7. The summed E-state index contributed by atoms with van der Waals surface area (Å²) in [5.74, 6) is -2.02. The van der Waals surface area contributed by atoms with Crippen LogP contribution in [0.4, 0.5) is 9.59 Å². The molecule has 15 nitrogen and oxygen atoms in total. The molecule has 3 atom stereocenters. The Morgan fingerprint density at radius 3 is 2.62 bits per heavy atom. The number of rotatable bonds is 8. The molecule has 2 unspecified atom stereocenters. The third-order valence-electron chi connectivity index (χ3n) is 5.41. The van der Waals surface area contributed by atoms with Crippen molar-refractivity contribution < 1.29 is 29.1 Å². The Balaban J connectivity index is 1.49. The van der Waals surface area contributed by atoms with E-state index in [1.807, 2.05) is 5.32 Å². The molecule has 1 aromatic carbocycles. The molecule has 6 amide bonds. The average molecular weight is 548 g/mol. The van der Waals surface area contributed by atoms with Crippen molar-refractivity contribution in [2.24, 2.45) is 12.8 Å². The number of carbonyl (C=O) groups is 5. The number of β-lactam (4-membered cyclic amide) rings is 1. The van der Waals surface area contributed by atoms with Crippen molar-refractivity contribution >= 4 is 53.4 Å². The molecule has 1 fully saturated rings. The molecule has 17 heteroatoms. The average Bonchev–Trinajstić information content (AvgIpc) is 3.28. The van der Waals surface area contributed by atoms with Crippen LogP contribution in [0.15, 0.2) is 46.8 Å². The number of nitrogens with zero attached hydrogens (tertiary/aromatic N) is 5. The van der Waals surface area contributed by atoms with Gasteiger partial charge < -0.3 is 21.5 Å². The Bertz CT molecular complexity index is 1280. The van der Waals surface area contributed by atoms with Gasteiger partial charge in [-0.05, 0) is 21.6 Å². The Labute approximate surface area is 217 Å². The number of carbonyl (C=O) groups excluding carboxylic acids is 4. The molecule has 1 saturated heterocycles. The van der Waals surface area contributed by atoms with E-state index in [2.05, 4.69) is 26.2 Å². The highest BCUT2D eigenvalue weighted by atomic mass is 32.2. The maximum atomic E-state index is 13.1. The van der Waals surface area contributed by atoms with Gasteiger partial charge in [-0.2, -0.15) is 0 Å². The third kappa shape index (κ3) is 5.51. The van der Waals surface area contributed by atoms with Crippen LogP contribution in [-0.4, -0.2) is 83.0 Å². The molecule has 3 heterocycles. The molecule has 2 aliphatic rings. The van der Waals surface area contributed by atoms with Gasteiger partial charge >= 0.3 is 18.0 Å². The molecule has 37 heavy (non-hydrogen) atoms. The molecule has 2 aliphatic heterocycles. The predicted molar refractivity (Wildman–Crippen MR) is 130 cm³/mol. The lowest BCUT2D eigenvalue weighted by Crippen LogP contribution is -2.71. The lowest BCUT2D eigenvalue weighted by Gasteiger charge is -2.49. The summed E-state index contributed by atoms with van der Waals surface area (Å²) in [5.41, 5.74) is 5.74. The van der Waals surface area contributed by atoms with Gasteiger partial charge in [0.15, 0.2) is 0 Å². The lowest BCUT2D eigenvalue weighted by atomic mass is 10.0. The van der Waals surface area contributed by atoms with Crippen LogP contribution < -0.4 is 21.7 Å². The van der Waals surface area contributed by atoms with Crippen molar-refractivity contribution in [1.29, 1.82) is 0 Å². The minimum atomic E-state index is -1.26. The monoisotopic (exact) mass is 547 g/mol. The first kappa shape index (κ1) is 26.0. The van der Waals surface area contributed by atoms with Gasteiger partial charge in [-0.25, -0.2) is 19.1 Å². The normalized spacial score (nSPS) is 19.4. The van der Waals surface area contributed by atoms with Crippen LogP contribution in [0.1, 0.15) is 11.6 Å². The summed E-state index contributed by atoms with van der Waals surface area (Å²) in [6, 6.07) is 3.81. The van der Waals surface area contributed by atoms with E-state index in [0.717, 1.165) is 4.90 Å². The molecule has 0 aliphatic carbocycles. The third-order valence-corrected chi connectivity index (χ3v) is 7.85. The second-order valence-electron chi connectivity index (χ2n) is 7.83.